The van der Waals surface area contributed by atoms with Gasteiger partial charge in [0.1, 0.15) is 12.4 Å². The summed E-state index contributed by atoms with van der Waals surface area (Å²) in [7, 11) is 1.12. The highest BCUT2D eigenvalue weighted by molar-refractivity contribution is 5.77. The van der Waals surface area contributed by atoms with Crippen molar-refractivity contribution in [1.82, 2.24) is 0 Å². The van der Waals surface area contributed by atoms with E-state index in [4.69, 9.17) is 0 Å². The molecule has 0 radical (unpaired) electrons. The third-order valence-electron chi connectivity index (χ3n) is 2.34. The number of aliphatic hydroxyl groups is 2. The summed E-state index contributed by atoms with van der Waals surface area (Å²) in [5.41, 5.74) is 1.42. The van der Waals surface area contributed by atoms with Crippen LogP contribution in [0.15, 0.2) is 18.2 Å². The lowest BCUT2D eigenvalue weighted by Crippen LogP contribution is -2.29. The first-order valence-electron chi connectivity index (χ1n) is 5.00. The maximum Gasteiger partial charge on any atom is 0.337 e. The first kappa shape index (κ1) is 13.3. The number of esters is 1. The minimum atomic E-state index is -1.67. The molecule has 5 nitrogen and oxygen atoms in total. The number of methoxy groups -OCH3 is 1. The number of carbonyl (C=O) groups is 2. The van der Waals surface area contributed by atoms with Gasteiger partial charge in [-0.2, -0.15) is 0 Å². The number of hydrogen-bond acceptors (Lipinski definition) is 5. The van der Waals surface area contributed by atoms with Gasteiger partial charge < -0.3 is 14.9 Å². The Morgan fingerprint density at radius 1 is 1.35 bits per heavy atom. The lowest BCUT2D eigenvalue weighted by atomic mass is 10.00. The fraction of sp³-hybridized carbons (Fsp3) is 0.333. The van der Waals surface area contributed by atoms with E-state index < -0.39 is 18.2 Å². The van der Waals surface area contributed by atoms with E-state index in [0.29, 0.717) is 17.4 Å². The lowest BCUT2D eigenvalue weighted by Gasteiger charge is -2.16. The molecule has 2 N–H and O–H groups in total. The van der Waals surface area contributed by atoms with Crippen LogP contribution in [0.1, 0.15) is 27.6 Å². The Balaban J connectivity index is 3.03. The maximum absolute atomic E-state index is 11.1. The van der Waals surface area contributed by atoms with E-state index in [0.717, 1.165) is 12.7 Å². The Morgan fingerprint density at radius 3 is 2.53 bits per heavy atom. The van der Waals surface area contributed by atoms with Crippen molar-refractivity contribution in [3.05, 3.63) is 34.9 Å². The van der Waals surface area contributed by atoms with Crippen LogP contribution < -0.4 is 0 Å². The van der Waals surface area contributed by atoms with Crippen LogP contribution in [0.4, 0.5) is 0 Å². The Labute approximate surface area is 98.6 Å². The number of rotatable bonds is 4. The van der Waals surface area contributed by atoms with Gasteiger partial charge in [-0.15, -0.1) is 0 Å². The zero-order chi connectivity index (χ0) is 13.0. The highest BCUT2D eigenvalue weighted by Crippen LogP contribution is 2.20. The van der Waals surface area contributed by atoms with Crippen LogP contribution in [0.5, 0.6) is 0 Å². The molecule has 5 heteroatoms. The molecule has 0 amide bonds. The van der Waals surface area contributed by atoms with Gasteiger partial charge in [0.25, 0.3) is 0 Å². The van der Waals surface area contributed by atoms with Crippen molar-refractivity contribution >= 4 is 12.3 Å². The number of aryl methyl sites for hydroxylation is 1. The summed E-state index contributed by atoms with van der Waals surface area (Å²) in [6, 6.07) is 4.63. The molecular formula is C12H14O5. The van der Waals surface area contributed by atoms with Gasteiger partial charge in [-0.3, -0.25) is 4.79 Å². The predicted molar refractivity (Wildman–Crippen MR) is 59.5 cm³/mol. The highest BCUT2D eigenvalue weighted by Gasteiger charge is 2.26. The number of aldehydes is 1. The van der Waals surface area contributed by atoms with Gasteiger partial charge in [-0.1, -0.05) is 11.6 Å². The summed E-state index contributed by atoms with van der Waals surface area (Å²) in [4.78, 5) is 21.7. The van der Waals surface area contributed by atoms with Crippen molar-refractivity contribution in [2.75, 3.05) is 7.11 Å². The van der Waals surface area contributed by atoms with Crippen molar-refractivity contribution in [1.29, 1.82) is 0 Å². The summed E-state index contributed by atoms with van der Waals surface area (Å²) < 4.78 is 4.32. The molecule has 0 spiro atoms. The first-order chi connectivity index (χ1) is 7.99. The number of benzene rings is 1. The van der Waals surface area contributed by atoms with E-state index in [-0.39, 0.29) is 0 Å². The number of carbonyl (C=O) groups excluding carboxylic acids is 2. The summed E-state index contributed by atoms with van der Waals surface area (Å²) in [5.74, 6) is -0.924. The molecule has 92 valence electrons. The number of ether oxygens (including phenoxy) is 1. The largest absolute Gasteiger partial charge is 0.467 e. The van der Waals surface area contributed by atoms with Crippen LogP contribution in [0, 0.1) is 6.92 Å². The average molecular weight is 238 g/mol. The minimum Gasteiger partial charge on any atom is -0.467 e. The second-order valence-electron chi connectivity index (χ2n) is 3.71. The molecule has 0 aliphatic rings. The molecule has 0 aromatic heterocycles. The van der Waals surface area contributed by atoms with Crippen molar-refractivity contribution in [3.8, 4) is 0 Å². The second-order valence-corrected chi connectivity index (χ2v) is 3.71. The molecule has 0 bridgehead atoms. The van der Waals surface area contributed by atoms with E-state index >= 15 is 0 Å². The normalized spacial score (nSPS) is 13.9. The van der Waals surface area contributed by atoms with Crippen LogP contribution in [0.25, 0.3) is 0 Å². The molecule has 0 saturated carbocycles. The number of hydrogen-bond donors (Lipinski definition) is 2. The molecule has 1 aromatic rings. The van der Waals surface area contributed by atoms with Crippen LogP contribution in [-0.2, 0) is 9.53 Å². The standard InChI is InChI=1S/C12H14O5/c1-7-3-8(6-13)5-9(4-7)10(14)11(15)12(16)17-2/h3-6,10-11,14-15H,1-2H3. The third kappa shape index (κ3) is 3.12. The van der Waals surface area contributed by atoms with E-state index in [9.17, 15) is 19.8 Å². The molecule has 17 heavy (non-hydrogen) atoms. The quantitative estimate of drug-likeness (QED) is 0.585. The highest BCUT2D eigenvalue weighted by atomic mass is 16.5. The van der Waals surface area contributed by atoms with Gasteiger partial charge in [0, 0.05) is 5.56 Å². The molecule has 2 atom stereocenters. The van der Waals surface area contributed by atoms with E-state index in [2.05, 4.69) is 4.74 Å². The van der Waals surface area contributed by atoms with Crippen molar-refractivity contribution in [3.63, 3.8) is 0 Å². The molecule has 0 saturated heterocycles. The summed E-state index contributed by atoms with van der Waals surface area (Å²) in [5, 5.41) is 19.2. The van der Waals surface area contributed by atoms with Crippen molar-refractivity contribution < 1.29 is 24.5 Å². The molecule has 2 unspecified atom stereocenters. The van der Waals surface area contributed by atoms with Crippen LogP contribution in [0.2, 0.25) is 0 Å². The molecule has 1 rings (SSSR count). The van der Waals surface area contributed by atoms with Crippen molar-refractivity contribution in [2.45, 2.75) is 19.1 Å². The minimum absolute atomic E-state index is 0.296. The van der Waals surface area contributed by atoms with Gasteiger partial charge >= 0.3 is 5.97 Å². The average Bonchev–Trinajstić information content (AvgIpc) is 2.35. The van der Waals surface area contributed by atoms with Crippen LogP contribution in [-0.4, -0.2) is 35.7 Å². The molecule has 0 fully saturated rings. The van der Waals surface area contributed by atoms with Gasteiger partial charge in [-0.25, -0.2) is 4.79 Å². The fourth-order valence-corrected chi connectivity index (χ4v) is 1.51. The van der Waals surface area contributed by atoms with E-state index in [1.807, 2.05) is 0 Å². The molecular weight excluding hydrogens is 224 g/mol. The van der Waals surface area contributed by atoms with Gasteiger partial charge in [-0.05, 0) is 24.6 Å². The van der Waals surface area contributed by atoms with Gasteiger partial charge in [0.2, 0.25) is 0 Å². The lowest BCUT2D eigenvalue weighted by molar-refractivity contribution is -0.156. The first-order valence-corrected chi connectivity index (χ1v) is 5.00. The second kappa shape index (κ2) is 5.56. The fourth-order valence-electron chi connectivity index (χ4n) is 1.51. The molecule has 0 heterocycles. The van der Waals surface area contributed by atoms with Crippen LogP contribution in [0.3, 0.4) is 0 Å². The van der Waals surface area contributed by atoms with Crippen molar-refractivity contribution in [2.24, 2.45) is 0 Å². The predicted octanol–water partition coefficient (Wildman–Crippen LogP) is 0.375. The van der Waals surface area contributed by atoms with E-state index in [1.165, 1.54) is 6.07 Å². The summed E-state index contributed by atoms with van der Waals surface area (Å²) in [6.45, 7) is 1.74. The van der Waals surface area contributed by atoms with Gasteiger partial charge in [0.05, 0.1) is 7.11 Å². The van der Waals surface area contributed by atoms with E-state index in [1.54, 1.807) is 19.1 Å². The Kier molecular flexibility index (Phi) is 4.37. The smallest absolute Gasteiger partial charge is 0.337 e. The third-order valence-corrected chi connectivity index (χ3v) is 2.34. The molecule has 0 aliphatic heterocycles. The topological polar surface area (TPSA) is 83.8 Å². The zero-order valence-corrected chi connectivity index (χ0v) is 9.58. The molecule has 0 aliphatic carbocycles. The SMILES string of the molecule is COC(=O)C(O)C(O)c1cc(C)cc(C=O)c1. The Morgan fingerprint density at radius 2 is 2.00 bits per heavy atom. The Hall–Kier alpha value is -1.72. The van der Waals surface area contributed by atoms with Crippen LogP contribution >= 0.6 is 0 Å². The summed E-state index contributed by atoms with van der Waals surface area (Å²) in [6.07, 6.45) is -2.45. The Bertz CT molecular complexity index is 427. The monoisotopic (exact) mass is 238 g/mol. The van der Waals surface area contributed by atoms with Gasteiger partial charge in [0.15, 0.2) is 6.10 Å². The maximum atomic E-state index is 11.1. The zero-order valence-electron chi connectivity index (χ0n) is 9.58. The summed E-state index contributed by atoms with van der Waals surface area (Å²) >= 11 is 0. The molecule has 1 aromatic carbocycles. The number of aliphatic hydroxyl groups excluding tert-OH is 2.